The van der Waals surface area contributed by atoms with Gasteiger partial charge in [-0.05, 0) is 31.2 Å². The van der Waals surface area contributed by atoms with Crippen molar-refractivity contribution in [2.45, 2.75) is 33.5 Å². The molecule has 1 N–H and O–H groups in total. The second kappa shape index (κ2) is 6.95. The van der Waals surface area contributed by atoms with E-state index in [0.717, 1.165) is 31.1 Å². The monoisotopic (exact) mass is 259 g/mol. The van der Waals surface area contributed by atoms with E-state index in [1.807, 2.05) is 24.7 Å². The first-order chi connectivity index (χ1) is 9.33. The van der Waals surface area contributed by atoms with Crippen LogP contribution in [0.1, 0.15) is 25.1 Å². The molecule has 0 saturated heterocycles. The molecule has 102 valence electrons. The zero-order chi connectivity index (χ0) is 13.5. The van der Waals surface area contributed by atoms with Gasteiger partial charge < -0.3 is 14.6 Å². The molecule has 0 aliphatic rings. The van der Waals surface area contributed by atoms with E-state index < -0.39 is 0 Å². The van der Waals surface area contributed by atoms with Crippen LogP contribution in [0.4, 0.5) is 0 Å². The summed E-state index contributed by atoms with van der Waals surface area (Å²) >= 11 is 0. The molecule has 1 aromatic carbocycles. The van der Waals surface area contributed by atoms with E-state index in [1.54, 1.807) is 0 Å². The van der Waals surface area contributed by atoms with Crippen LogP contribution in [0.5, 0.6) is 5.75 Å². The van der Waals surface area contributed by atoms with Crippen molar-refractivity contribution in [1.29, 1.82) is 0 Å². The van der Waals surface area contributed by atoms with Gasteiger partial charge in [-0.25, -0.2) is 4.98 Å². The van der Waals surface area contributed by atoms with Crippen LogP contribution in [0.2, 0.25) is 0 Å². The fourth-order valence-corrected chi connectivity index (χ4v) is 1.92. The molecule has 2 rings (SSSR count). The first-order valence-electron chi connectivity index (χ1n) is 6.75. The molecule has 0 saturated carbocycles. The highest BCUT2D eigenvalue weighted by atomic mass is 16.5. The molecule has 0 spiro atoms. The summed E-state index contributed by atoms with van der Waals surface area (Å²) in [5, 5.41) is 3.31. The molecule has 2 aromatic rings. The van der Waals surface area contributed by atoms with Crippen LogP contribution in [-0.2, 0) is 19.7 Å². The summed E-state index contributed by atoms with van der Waals surface area (Å²) in [4.78, 5) is 4.14. The number of nitrogens with zero attached hydrogens (tertiary/aromatic N) is 2. The zero-order valence-corrected chi connectivity index (χ0v) is 11.6. The van der Waals surface area contributed by atoms with Crippen LogP contribution in [-0.4, -0.2) is 16.1 Å². The van der Waals surface area contributed by atoms with Gasteiger partial charge in [-0.2, -0.15) is 0 Å². The maximum atomic E-state index is 5.82. The number of nitrogens with one attached hydrogen (secondary N) is 1. The highest BCUT2D eigenvalue weighted by Gasteiger charge is 2.02. The fraction of sp³-hybridized carbons (Fsp3) is 0.400. The van der Waals surface area contributed by atoms with Crippen molar-refractivity contribution in [1.82, 2.24) is 14.9 Å². The van der Waals surface area contributed by atoms with Crippen molar-refractivity contribution in [3.8, 4) is 5.75 Å². The molecular formula is C15H21N3O. The number of hydrogen-bond acceptors (Lipinski definition) is 3. The Kier molecular flexibility index (Phi) is 4.98. The Balaban J connectivity index is 1.95. The van der Waals surface area contributed by atoms with Gasteiger partial charge in [0, 0.05) is 13.1 Å². The van der Waals surface area contributed by atoms with Crippen LogP contribution in [0, 0.1) is 0 Å². The van der Waals surface area contributed by atoms with Gasteiger partial charge >= 0.3 is 0 Å². The topological polar surface area (TPSA) is 39.1 Å². The van der Waals surface area contributed by atoms with Gasteiger partial charge in [0.05, 0.1) is 18.2 Å². The van der Waals surface area contributed by atoms with Crippen molar-refractivity contribution >= 4 is 0 Å². The lowest BCUT2D eigenvalue weighted by molar-refractivity contribution is 0.295. The summed E-state index contributed by atoms with van der Waals surface area (Å²) in [6.07, 6.45) is 3.69. The molecule has 0 atom stereocenters. The predicted molar refractivity (Wildman–Crippen MR) is 76.1 cm³/mol. The summed E-state index contributed by atoms with van der Waals surface area (Å²) in [5.41, 5.74) is 2.34. The highest BCUT2D eigenvalue weighted by molar-refractivity contribution is 5.28. The van der Waals surface area contributed by atoms with E-state index in [0.29, 0.717) is 6.61 Å². The lowest BCUT2D eigenvalue weighted by atomic mass is 10.2. The average Bonchev–Trinajstić information content (AvgIpc) is 2.91. The lowest BCUT2D eigenvalue weighted by Crippen LogP contribution is -2.11. The smallest absolute Gasteiger partial charge is 0.130 e. The summed E-state index contributed by atoms with van der Waals surface area (Å²) in [6, 6.07) is 8.20. The Morgan fingerprint density at radius 2 is 2.21 bits per heavy atom. The van der Waals surface area contributed by atoms with E-state index in [4.69, 9.17) is 4.74 Å². The SMILES string of the molecule is CCNCc1cccc(OCc2cncn2CC)c1. The molecule has 0 fully saturated rings. The Morgan fingerprint density at radius 1 is 1.32 bits per heavy atom. The minimum atomic E-state index is 0.554. The number of aromatic nitrogens is 2. The van der Waals surface area contributed by atoms with E-state index in [-0.39, 0.29) is 0 Å². The third-order valence-corrected chi connectivity index (χ3v) is 3.00. The molecule has 1 aromatic heterocycles. The molecule has 0 amide bonds. The minimum absolute atomic E-state index is 0.554. The molecule has 4 nitrogen and oxygen atoms in total. The van der Waals surface area contributed by atoms with Crippen LogP contribution in [0.3, 0.4) is 0 Å². The molecule has 0 radical (unpaired) electrons. The first-order valence-corrected chi connectivity index (χ1v) is 6.75. The van der Waals surface area contributed by atoms with Gasteiger partial charge in [-0.3, -0.25) is 0 Å². The predicted octanol–water partition coefficient (Wildman–Crippen LogP) is 2.59. The third-order valence-electron chi connectivity index (χ3n) is 3.00. The van der Waals surface area contributed by atoms with E-state index in [2.05, 4.69) is 40.8 Å². The van der Waals surface area contributed by atoms with Crippen LogP contribution < -0.4 is 10.1 Å². The van der Waals surface area contributed by atoms with Crippen molar-refractivity contribution in [3.05, 3.63) is 48.0 Å². The summed E-state index contributed by atoms with van der Waals surface area (Å²) < 4.78 is 7.91. The Bertz CT molecular complexity index is 508. The minimum Gasteiger partial charge on any atom is -0.487 e. The largest absolute Gasteiger partial charge is 0.487 e. The maximum absolute atomic E-state index is 5.82. The molecule has 4 heteroatoms. The fourth-order valence-electron chi connectivity index (χ4n) is 1.92. The van der Waals surface area contributed by atoms with Crippen molar-refractivity contribution < 1.29 is 4.74 Å². The number of ether oxygens (including phenoxy) is 1. The normalized spacial score (nSPS) is 10.6. The number of hydrogen-bond donors (Lipinski definition) is 1. The average molecular weight is 259 g/mol. The van der Waals surface area contributed by atoms with Gasteiger partial charge in [0.1, 0.15) is 12.4 Å². The summed E-state index contributed by atoms with van der Waals surface area (Å²) in [5.74, 6) is 0.902. The van der Waals surface area contributed by atoms with Crippen LogP contribution >= 0.6 is 0 Å². The van der Waals surface area contributed by atoms with Crippen LogP contribution in [0.25, 0.3) is 0 Å². The molecule has 1 heterocycles. The van der Waals surface area contributed by atoms with Gasteiger partial charge in [0.25, 0.3) is 0 Å². The highest BCUT2D eigenvalue weighted by Crippen LogP contribution is 2.15. The lowest BCUT2D eigenvalue weighted by Gasteiger charge is -2.09. The van der Waals surface area contributed by atoms with Crippen molar-refractivity contribution in [2.24, 2.45) is 0 Å². The number of rotatable bonds is 7. The molecule has 0 unspecified atom stereocenters. The van der Waals surface area contributed by atoms with E-state index >= 15 is 0 Å². The van der Waals surface area contributed by atoms with Gasteiger partial charge in [-0.1, -0.05) is 19.1 Å². The maximum Gasteiger partial charge on any atom is 0.130 e. The van der Waals surface area contributed by atoms with Gasteiger partial charge in [0.2, 0.25) is 0 Å². The quantitative estimate of drug-likeness (QED) is 0.830. The van der Waals surface area contributed by atoms with Crippen molar-refractivity contribution in [3.63, 3.8) is 0 Å². The second-order valence-electron chi connectivity index (χ2n) is 4.39. The molecule has 19 heavy (non-hydrogen) atoms. The Labute approximate surface area is 114 Å². The van der Waals surface area contributed by atoms with Gasteiger partial charge in [0.15, 0.2) is 0 Å². The summed E-state index contributed by atoms with van der Waals surface area (Å²) in [6.45, 7) is 7.52. The third kappa shape index (κ3) is 3.83. The van der Waals surface area contributed by atoms with Gasteiger partial charge in [-0.15, -0.1) is 0 Å². The van der Waals surface area contributed by atoms with Crippen LogP contribution in [0.15, 0.2) is 36.8 Å². The molecule has 0 aliphatic carbocycles. The number of benzene rings is 1. The summed E-state index contributed by atoms with van der Waals surface area (Å²) in [7, 11) is 0. The number of imidazole rings is 1. The first kappa shape index (κ1) is 13.6. The number of aryl methyl sites for hydroxylation is 1. The molecule has 0 aliphatic heterocycles. The standard InChI is InChI=1S/C15H21N3O/c1-3-16-9-13-6-5-7-15(8-13)19-11-14-10-17-12-18(14)4-2/h5-8,10,12,16H,3-4,9,11H2,1-2H3. The second-order valence-corrected chi connectivity index (χ2v) is 4.39. The molecular weight excluding hydrogens is 238 g/mol. The molecule has 0 bridgehead atoms. The van der Waals surface area contributed by atoms with E-state index in [1.165, 1.54) is 5.56 Å². The van der Waals surface area contributed by atoms with E-state index in [9.17, 15) is 0 Å². The zero-order valence-electron chi connectivity index (χ0n) is 11.6. The Morgan fingerprint density at radius 3 is 3.00 bits per heavy atom. The van der Waals surface area contributed by atoms with Crippen molar-refractivity contribution in [2.75, 3.05) is 6.54 Å². The Hall–Kier alpha value is -1.81.